The molecule has 0 N–H and O–H groups in total. The summed E-state index contributed by atoms with van der Waals surface area (Å²) in [5.41, 5.74) is 5.21. The zero-order chi connectivity index (χ0) is 25.8. The van der Waals surface area contributed by atoms with Crippen molar-refractivity contribution in [2.45, 2.75) is 6.54 Å². The minimum absolute atomic E-state index is 0.117. The molecule has 0 spiro atoms. The standard InChI is InChI=1S/C30H28ClN5O/c1-34(2)17-18-35(21-22-11-5-3-6-12-22)30(37)28-19-27(24-15-9-10-16-25(24)31)32-29-20-26(33-36(28)29)23-13-7-4-8-14-23/h3-16,19-20H,17-18,21H2,1-2H3. The van der Waals surface area contributed by atoms with Crippen LogP contribution in [0.4, 0.5) is 0 Å². The Labute approximate surface area is 221 Å². The fourth-order valence-electron chi connectivity index (χ4n) is 4.22. The van der Waals surface area contributed by atoms with Crippen LogP contribution in [-0.2, 0) is 6.54 Å². The van der Waals surface area contributed by atoms with Gasteiger partial charge < -0.3 is 9.80 Å². The van der Waals surface area contributed by atoms with Crippen molar-refractivity contribution in [2.75, 3.05) is 27.2 Å². The predicted molar refractivity (Wildman–Crippen MR) is 149 cm³/mol. The number of aromatic nitrogens is 3. The first kappa shape index (κ1) is 24.7. The van der Waals surface area contributed by atoms with E-state index in [0.29, 0.717) is 35.1 Å². The highest BCUT2D eigenvalue weighted by molar-refractivity contribution is 6.33. The van der Waals surface area contributed by atoms with Crippen LogP contribution in [0.2, 0.25) is 5.02 Å². The number of rotatable bonds is 8. The average molecular weight is 510 g/mol. The minimum Gasteiger partial charge on any atom is -0.332 e. The van der Waals surface area contributed by atoms with E-state index < -0.39 is 0 Å². The number of nitrogens with zero attached hydrogens (tertiary/aromatic N) is 5. The third-order valence-electron chi connectivity index (χ3n) is 6.19. The van der Waals surface area contributed by atoms with Gasteiger partial charge in [-0.15, -0.1) is 0 Å². The normalized spacial score (nSPS) is 11.2. The molecule has 0 saturated heterocycles. The lowest BCUT2D eigenvalue weighted by Gasteiger charge is -2.25. The lowest BCUT2D eigenvalue weighted by atomic mass is 10.1. The summed E-state index contributed by atoms with van der Waals surface area (Å²) in [4.78, 5) is 23.0. The largest absolute Gasteiger partial charge is 0.332 e. The zero-order valence-electron chi connectivity index (χ0n) is 20.9. The molecule has 37 heavy (non-hydrogen) atoms. The third-order valence-corrected chi connectivity index (χ3v) is 6.52. The molecule has 2 heterocycles. The van der Waals surface area contributed by atoms with Crippen molar-refractivity contribution in [1.29, 1.82) is 0 Å². The van der Waals surface area contributed by atoms with E-state index in [4.69, 9.17) is 21.7 Å². The molecule has 0 unspecified atom stereocenters. The Morgan fingerprint density at radius 2 is 1.51 bits per heavy atom. The van der Waals surface area contributed by atoms with Gasteiger partial charge in [-0.2, -0.15) is 5.10 Å². The van der Waals surface area contributed by atoms with Gasteiger partial charge >= 0.3 is 0 Å². The van der Waals surface area contributed by atoms with Crippen molar-refractivity contribution >= 4 is 23.2 Å². The second-order valence-electron chi connectivity index (χ2n) is 9.19. The van der Waals surface area contributed by atoms with Crippen LogP contribution in [0, 0.1) is 0 Å². The van der Waals surface area contributed by atoms with E-state index in [9.17, 15) is 4.79 Å². The molecular weight excluding hydrogens is 482 g/mol. The predicted octanol–water partition coefficient (Wildman–Crippen LogP) is 5.92. The molecule has 1 amide bonds. The molecule has 3 aromatic carbocycles. The highest BCUT2D eigenvalue weighted by Gasteiger charge is 2.23. The molecule has 0 aliphatic rings. The third kappa shape index (κ3) is 5.56. The molecule has 0 fully saturated rings. The summed E-state index contributed by atoms with van der Waals surface area (Å²) in [5, 5.41) is 5.39. The number of hydrogen-bond donors (Lipinski definition) is 0. The molecule has 2 aromatic heterocycles. The van der Waals surface area contributed by atoms with Crippen LogP contribution >= 0.6 is 11.6 Å². The number of benzene rings is 3. The van der Waals surface area contributed by atoms with Crippen LogP contribution in [0.15, 0.2) is 97.1 Å². The minimum atomic E-state index is -0.117. The average Bonchev–Trinajstić information content (AvgIpc) is 3.36. The van der Waals surface area contributed by atoms with Gasteiger partial charge in [0.2, 0.25) is 0 Å². The monoisotopic (exact) mass is 509 g/mol. The first-order valence-electron chi connectivity index (χ1n) is 12.2. The van der Waals surface area contributed by atoms with Gasteiger partial charge in [0.15, 0.2) is 5.65 Å². The molecule has 0 bridgehead atoms. The van der Waals surface area contributed by atoms with Gasteiger partial charge in [-0.1, -0.05) is 90.5 Å². The van der Waals surface area contributed by atoms with Gasteiger partial charge in [0.1, 0.15) is 5.69 Å². The lowest BCUT2D eigenvalue weighted by molar-refractivity contribution is 0.0723. The van der Waals surface area contributed by atoms with Crippen molar-refractivity contribution < 1.29 is 4.79 Å². The van der Waals surface area contributed by atoms with Crippen LogP contribution in [0.1, 0.15) is 16.1 Å². The van der Waals surface area contributed by atoms with E-state index in [1.165, 1.54) is 0 Å². The Balaban J connectivity index is 1.64. The Hall–Kier alpha value is -4.00. The number of halogens is 1. The van der Waals surface area contributed by atoms with Gasteiger partial charge in [-0.3, -0.25) is 4.79 Å². The van der Waals surface area contributed by atoms with E-state index in [-0.39, 0.29) is 5.91 Å². The second-order valence-corrected chi connectivity index (χ2v) is 9.59. The second kappa shape index (κ2) is 10.9. The molecule has 0 atom stereocenters. The van der Waals surface area contributed by atoms with Gasteiger partial charge in [-0.05, 0) is 31.8 Å². The van der Waals surface area contributed by atoms with E-state index in [1.54, 1.807) is 10.6 Å². The first-order chi connectivity index (χ1) is 18.0. The fourth-order valence-corrected chi connectivity index (χ4v) is 4.46. The summed E-state index contributed by atoms with van der Waals surface area (Å²) in [5.74, 6) is -0.117. The van der Waals surface area contributed by atoms with Gasteiger partial charge in [-0.25, -0.2) is 9.50 Å². The Bertz CT molecular complexity index is 1520. The molecular formula is C30H28ClN5O. The number of hydrogen-bond acceptors (Lipinski definition) is 4. The summed E-state index contributed by atoms with van der Waals surface area (Å²) in [6, 6.07) is 31.2. The van der Waals surface area contributed by atoms with Crippen LogP contribution in [0.5, 0.6) is 0 Å². The maximum absolute atomic E-state index is 14.2. The molecule has 5 aromatic rings. The van der Waals surface area contributed by atoms with E-state index in [2.05, 4.69) is 4.90 Å². The number of carbonyl (C=O) groups excluding carboxylic acids is 1. The molecule has 7 heteroatoms. The number of carbonyl (C=O) groups is 1. The summed E-state index contributed by atoms with van der Waals surface area (Å²) in [6.45, 7) is 1.79. The molecule has 5 rings (SSSR count). The summed E-state index contributed by atoms with van der Waals surface area (Å²) in [6.07, 6.45) is 0. The van der Waals surface area contributed by atoms with Crippen LogP contribution in [0.3, 0.4) is 0 Å². The molecule has 0 aliphatic carbocycles. The topological polar surface area (TPSA) is 53.7 Å². The van der Waals surface area contributed by atoms with Gasteiger partial charge in [0, 0.05) is 41.9 Å². The summed E-state index contributed by atoms with van der Waals surface area (Å²) < 4.78 is 1.65. The van der Waals surface area contributed by atoms with E-state index >= 15 is 0 Å². The van der Waals surface area contributed by atoms with Crippen molar-refractivity contribution in [2.24, 2.45) is 0 Å². The Morgan fingerprint density at radius 3 is 2.22 bits per heavy atom. The highest BCUT2D eigenvalue weighted by Crippen LogP contribution is 2.29. The maximum atomic E-state index is 14.2. The van der Waals surface area contributed by atoms with Crippen molar-refractivity contribution in [3.8, 4) is 22.5 Å². The van der Waals surface area contributed by atoms with Gasteiger partial charge in [0.05, 0.1) is 11.4 Å². The van der Waals surface area contributed by atoms with Gasteiger partial charge in [0.25, 0.3) is 5.91 Å². The number of fused-ring (bicyclic) bond motifs is 1. The first-order valence-corrected chi connectivity index (χ1v) is 12.6. The van der Waals surface area contributed by atoms with Crippen molar-refractivity contribution in [3.63, 3.8) is 0 Å². The summed E-state index contributed by atoms with van der Waals surface area (Å²) in [7, 11) is 4.01. The fraction of sp³-hybridized carbons (Fsp3) is 0.167. The molecule has 186 valence electrons. The van der Waals surface area contributed by atoms with E-state index in [1.807, 2.05) is 110 Å². The Kier molecular flexibility index (Phi) is 7.30. The number of likely N-dealkylation sites (N-methyl/N-ethyl adjacent to an activating group) is 1. The van der Waals surface area contributed by atoms with Crippen LogP contribution < -0.4 is 0 Å². The van der Waals surface area contributed by atoms with Crippen LogP contribution in [-0.4, -0.2) is 57.5 Å². The lowest BCUT2D eigenvalue weighted by Crippen LogP contribution is -2.37. The van der Waals surface area contributed by atoms with Crippen molar-refractivity contribution in [1.82, 2.24) is 24.4 Å². The SMILES string of the molecule is CN(C)CCN(Cc1ccccc1)C(=O)c1cc(-c2ccccc2Cl)nc2cc(-c3ccccc3)nn12. The Morgan fingerprint density at radius 1 is 0.838 bits per heavy atom. The van der Waals surface area contributed by atoms with Crippen LogP contribution in [0.25, 0.3) is 28.2 Å². The molecule has 0 radical (unpaired) electrons. The maximum Gasteiger partial charge on any atom is 0.273 e. The molecule has 0 saturated carbocycles. The van der Waals surface area contributed by atoms with Crippen molar-refractivity contribution in [3.05, 3.63) is 113 Å². The highest BCUT2D eigenvalue weighted by atomic mass is 35.5. The number of amides is 1. The summed E-state index contributed by atoms with van der Waals surface area (Å²) >= 11 is 6.53. The zero-order valence-corrected chi connectivity index (χ0v) is 21.6. The molecule has 6 nitrogen and oxygen atoms in total. The molecule has 0 aliphatic heterocycles. The van der Waals surface area contributed by atoms with E-state index in [0.717, 1.165) is 28.9 Å². The quantitative estimate of drug-likeness (QED) is 0.260. The smallest absolute Gasteiger partial charge is 0.273 e.